The van der Waals surface area contributed by atoms with Crippen LogP contribution in [0, 0.1) is 12.8 Å². The van der Waals surface area contributed by atoms with Gasteiger partial charge in [0.15, 0.2) is 0 Å². The van der Waals surface area contributed by atoms with E-state index in [2.05, 4.69) is 4.90 Å². The van der Waals surface area contributed by atoms with E-state index in [0.29, 0.717) is 23.7 Å². The number of hydrogen-bond donors (Lipinski definition) is 0. The van der Waals surface area contributed by atoms with E-state index >= 15 is 0 Å². The van der Waals surface area contributed by atoms with E-state index in [0.717, 1.165) is 24.2 Å². The Bertz CT molecular complexity index is 968. The molecule has 1 fully saturated rings. The first-order valence-electron chi connectivity index (χ1n) is 9.76. The first-order valence-corrected chi connectivity index (χ1v) is 10.1. The lowest BCUT2D eigenvalue weighted by atomic mass is 9.78. The Morgan fingerprint density at radius 1 is 1.21 bits per heavy atom. The Kier molecular flexibility index (Phi) is 5.06. The number of aromatic nitrogens is 1. The summed E-state index contributed by atoms with van der Waals surface area (Å²) < 4.78 is 1.98. The molecule has 2 aromatic rings. The van der Waals surface area contributed by atoms with Crippen molar-refractivity contribution in [3.05, 3.63) is 68.6 Å². The lowest BCUT2D eigenvalue weighted by Gasteiger charge is -2.47. The van der Waals surface area contributed by atoms with Gasteiger partial charge in [-0.15, -0.1) is 0 Å². The second kappa shape index (κ2) is 7.37. The van der Waals surface area contributed by atoms with E-state index in [-0.39, 0.29) is 29.3 Å². The summed E-state index contributed by atoms with van der Waals surface area (Å²) in [5.41, 5.74) is 2.70. The molecule has 5 nitrogen and oxygen atoms in total. The van der Waals surface area contributed by atoms with Gasteiger partial charge in [-0.25, -0.2) is 0 Å². The zero-order valence-corrected chi connectivity index (χ0v) is 17.3. The fraction of sp³-hybridized carbons (Fsp3) is 0.455. The number of pyridine rings is 1. The number of fused-ring (bicyclic) bond motifs is 4. The summed E-state index contributed by atoms with van der Waals surface area (Å²) in [7, 11) is 4.06. The summed E-state index contributed by atoms with van der Waals surface area (Å²) in [6.45, 7) is 4.03. The highest BCUT2D eigenvalue weighted by Crippen LogP contribution is 2.41. The molecular weight excluding hydrogens is 374 g/mol. The van der Waals surface area contributed by atoms with Crippen molar-refractivity contribution in [3.8, 4) is 0 Å². The number of piperidine rings is 1. The predicted molar refractivity (Wildman–Crippen MR) is 111 cm³/mol. The van der Waals surface area contributed by atoms with Gasteiger partial charge in [0.25, 0.3) is 11.5 Å². The largest absolute Gasteiger partial charge is 0.338 e. The van der Waals surface area contributed by atoms with Crippen LogP contribution >= 0.6 is 11.6 Å². The summed E-state index contributed by atoms with van der Waals surface area (Å²) in [6, 6.07) is 11.1. The van der Waals surface area contributed by atoms with E-state index in [1.54, 1.807) is 18.2 Å². The molecule has 148 valence electrons. The van der Waals surface area contributed by atoms with Crippen LogP contribution in [0.2, 0.25) is 5.02 Å². The summed E-state index contributed by atoms with van der Waals surface area (Å²) in [4.78, 5) is 29.9. The minimum Gasteiger partial charge on any atom is -0.338 e. The van der Waals surface area contributed by atoms with Crippen molar-refractivity contribution >= 4 is 17.5 Å². The molecule has 0 N–H and O–H groups in total. The maximum Gasteiger partial charge on any atom is 0.253 e. The molecule has 2 aliphatic rings. The van der Waals surface area contributed by atoms with Crippen molar-refractivity contribution in [3.63, 3.8) is 0 Å². The fourth-order valence-electron chi connectivity index (χ4n) is 4.78. The van der Waals surface area contributed by atoms with Crippen LogP contribution in [-0.2, 0) is 0 Å². The topological polar surface area (TPSA) is 45.6 Å². The molecule has 3 atom stereocenters. The number of nitrogens with zero attached hydrogens (tertiary/aromatic N) is 3. The van der Waals surface area contributed by atoms with E-state index in [1.165, 1.54) is 0 Å². The molecule has 0 radical (unpaired) electrons. The number of rotatable bonds is 3. The third-order valence-corrected chi connectivity index (χ3v) is 6.47. The molecule has 0 aliphatic carbocycles. The normalized spacial score (nSPS) is 23.6. The van der Waals surface area contributed by atoms with Gasteiger partial charge in [0.1, 0.15) is 0 Å². The Labute approximate surface area is 170 Å². The molecule has 2 bridgehead atoms. The van der Waals surface area contributed by atoms with Crippen LogP contribution in [0.1, 0.15) is 40.0 Å². The predicted octanol–water partition coefficient (Wildman–Crippen LogP) is 3.17. The van der Waals surface area contributed by atoms with Crippen molar-refractivity contribution in [2.24, 2.45) is 5.92 Å². The number of halogens is 1. The van der Waals surface area contributed by atoms with Gasteiger partial charge < -0.3 is 14.4 Å². The Balaban J connectivity index is 1.69. The lowest BCUT2D eigenvalue weighted by molar-refractivity contribution is 0.0498. The third-order valence-electron chi connectivity index (χ3n) is 6.04. The average Bonchev–Trinajstić information content (AvgIpc) is 2.66. The first kappa shape index (κ1) is 19.2. The number of likely N-dealkylation sites (N-methyl/N-ethyl adjacent to an activating group) is 1. The number of hydrogen-bond acceptors (Lipinski definition) is 3. The number of carbonyl (C=O) groups is 1. The highest BCUT2D eigenvalue weighted by molar-refractivity contribution is 6.31. The van der Waals surface area contributed by atoms with Crippen LogP contribution in [0.5, 0.6) is 0 Å². The zero-order valence-electron chi connectivity index (χ0n) is 16.6. The van der Waals surface area contributed by atoms with Crippen molar-refractivity contribution in [2.45, 2.75) is 25.3 Å². The summed E-state index contributed by atoms with van der Waals surface area (Å²) >= 11 is 6.13. The maximum absolute atomic E-state index is 13.2. The van der Waals surface area contributed by atoms with Crippen LogP contribution in [0.25, 0.3) is 0 Å². The molecule has 1 aromatic heterocycles. The second-order valence-electron chi connectivity index (χ2n) is 8.36. The summed E-state index contributed by atoms with van der Waals surface area (Å²) in [6.07, 6.45) is 1.02. The van der Waals surface area contributed by atoms with Crippen LogP contribution in [0.15, 0.2) is 41.2 Å². The molecule has 1 saturated heterocycles. The Hall–Kier alpha value is -2.11. The van der Waals surface area contributed by atoms with Gasteiger partial charge in [-0.1, -0.05) is 17.7 Å². The molecule has 4 rings (SSSR count). The fourth-order valence-corrected chi connectivity index (χ4v) is 4.90. The molecule has 0 unspecified atom stereocenters. The Morgan fingerprint density at radius 3 is 2.71 bits per heavy atom. The average molecular weight is 400 g/mol. The number of carbonyl (C=O) groups excluding carboxylic acids is 1. The monoisotopic (exact) mass is 399 g/mol. The number of likely N-dealkylation sites (tertiary alicyclic amines) is 1. The molecule has 2 aliphatic heterocycles. The number of benzene rings is 1. The van der Waals surface area contributed by atoms with Crippen LogP contribution in [0.4, 0.5) is 0 Å². The van der Waals surface area contributed by atoms with Gasteiger partial charge in [0, 0.05) is 47.9 Å². The summed E-state index contributed by atoms with van der Waals surface area (Å²) in [5, 5.41) is 0.673. The molecule has 0 saturated carbocycles. The smallest absolute Gasteiger partial charge is 0.253 e. The Morgan fingerprint density at radius 2 is 2.00 bits per heavy atom. The van der Waals surface area contributed by atoms with E-state index in [1.807, 2.05) is 48.7 Å². The number of amides is 1. The minimum atomic E-state index is 0.0461. The summed E-state index contributed by atoms with van der Waals surface area (Å²) in [5.74, 6) is 0.513. The quantitative estimate of drug-likeness (QED) is 0.796. The van der Waals surface area contributed by atoms with Gasteiger partial charge in [-0.2, -0.15) is 0 Å². The molecule has 6 heteroatoms. The van der Waals surface area contributed by atoms with Crippen LogP contribution in [-0.4, -0.2) is 54.0 Å². The molecule has 0 spiro atoms. The van der Waals surface area contributed by atoms with Gasteiger partial charge >= 0.3 is 0 Å². The van der Waals surface area contributed by atoms with E-state index in [9.17, 15) is 9.59 Å². The lowest BCUT2D eigenvalue weighted by Crippen LogP contribution is -2.52. The molecular formula is C22H26ClN3O2. The van der Waals surface area contributed by atoms with Gasteiger partial charge in [-0.05, 0) is 63.2 Å². The second-order valence-corrected chi connectivity index (χ2v) is 8.76. The first-order chi connectivity index (χ1) is 13.3. The van der Waals surface area contributed by atoms with Crippen molar-refractivity contribution in [1.82, 2.24) is 14.4 Å². The number of aryl methyl sites for hydroxylation is 1. The minimum absolute atomic E-state index is 0.0461. The molecule has 3 heterocycles. The molecule has 28 heavy (non-hydrogen) atoms. The molecule has 1 aromatic carbocycles. The van der Waals surface area contributed by atoms with Crippen molar-refractivity contribution in [1.29, 1.82) is 0 Å². The third kappa shape index (κ3) is 3.38. The van der Waals surface area contributed by atoms with Crippen molar-refractivity contribution in [2.75, 3.05) is 33.7 Å². The van der Waals surface area contributed by atoms with Gasteiger partial charge in [0.05, 0.1) is 6.04 Å². The van der Waals surface area contributed by atoms with Crippen LogP contribution in [0.3, 0.4) is 0 Å². The highest BCUT2D eigenvalue weighted by atomic mass is 35.5. The van der Waals surface area contributed by atoms with Crippen LogP contribution < -0.4 is 5.56 Å². The standard InChI is InChI=1S/C22H26ClN3O2/c1-14-9-15(7-8-18(14)23)22(28)25-11-16-10-17(12-25)20(13-24(2)3)26-19(16)5-4-6-21(26)27/h4-9,16-17,20H,10-13H2,1-3H3/t16-,17+,20+/m1/s1. The van der Waals surface area contributed by atoms with Crippen molar-refractivity contribution < 1.29 is 4.79 Å². The van der Waals surface area contributed by atoms with E-state index < -0.39 is 0 Å². The van der Waals surface area contributed by atoms with Gasteiger partial charge in [0.2, 0.25) is 0 Å². The van der Waals surface area contributed by atoms with E-state index in [4.69, 9.17) is 11.6 Å². The molecule has 1 amide bonds. The van der Waals surface area contributed by atoms with Gasteiger partial charge in [-0.3, -0.25) is 9.59 Å². The SMILES string of the molecule is Cc1cc(C(=O)N2C[C@H]3C[C@@H](C2)[C@H](CN(C)C)n2c3cccc2=O)ccc1Cl. The highest BCUT2D eigenvalue weighted by Gasteiger charge is 2.42. The zero-order chi connectivity index (χ0) is 20.0. The maximum atomic E-state index is 13.2.